The van der Waals surface area contributed by atoms with Crippen LogP contribution in [0, 0.1) is 22.0 Å². The molecular weight excluding hydrogens is 290 g/mol. The molecule has 0 aliphatic carbocycles. The van der Waals surface area contributed by atoms with Gasteiger partial charge in [-0.05, 0) is 0 Å². The summed E-state index contributed by atoms with van der Waals surface area (Å²) in [6.45, 7) is 0. The molecule has 0 radical (unpaired) electrons. The van der Waals surface area contributed by atoms with Gasteiger partial charge in [-0.3, -0.25) is 14.9 Å². The summed E-state index contributed by atoms with van der Waals surface area (Å²) in [5.41, 5.74) is -0.322. The molecule has 0 atom stereocenters. The van der Waals surface area contributed by atoms with E-state index in [4.69, 9.17) is 0 Å². The first-order valence-electron chi connectivity index (χ1n) is 4.61. The van der Waals surface area contributed by atoms with Gasteiger partial charge in [-0.2, -0.15) is 0 Å². The molecule has 88 valence electrons. The molecule has 1 N–H and O–H groups in total. The van der Waals surface area contributed by atoms with Crippen molar-refractivity contribution in [2.24, 2.45) is 0 Å². The van der Waals surface area contributed by atoms with Gasteiger partial charge >= 0.3 is 0 Å². The SMILES string of the molecule is O=Cc1cc([N+](=O)[O-])cc(C#CCCBr)c1O. The van der Waals surface area contributed by atoms with E-state index in [1.54, 1.807) is 0 Å². The Morgan fingerprint density at radius 2 is 2.24 bits per heavy atom. The number of aromatic hydroxyl groups is 1. The highest BCUT2D eigenvalue weighted by Gasteiger charge is 2.14. The first-order valence-corrected chi connectivity index (χ1v) is 5.73. The number of hydrogen-bond acceptors (Lipinski definition) is 4. The average Bonchev–Trinajstić information content (AvgIpc) is 2.31. The molecule has 0 fully saturated rings. The predicted octanol–water partition coefficient (Wildman–Crippen LogP) is 2.25. The number of phenols is 1. The van der Waals surface area contributed by atoms with E-state index >= 15 is 0 Å². The number of phenolic OH excluding ortho intramolecular Hbond substituents is 1. The van der Waals surface area contributed by atoms with Gasteiger partial charge in [-0.25, -0.2) is 0 Å². The first kappa shape index (κ1) is 13.2. The predicted molar refractivity (Wildman–Crippen MR) is 65.4 cm³/mol. The maximum absolute atomic E-state index is 10.6. The maximum Gasteiger partial charge on any atom is 0.271 e. The van der Waals surface area contributed by atoms with Crippen LogP contribution in [0.5, 0.6) is 5.75 Å². The van der Waals surface area contributed by atoms with Crippen LogP contribution < -0.4 is 0 Å². The number of rotatable bonds is 3. The Balaban J connectivity index is 3.29. The summed E-state index contributed by atoms with van der Waals surface area (Å²) in [6.07, 6.45) is 0.899. The molecule has 5 nitrogen and oxygen atoms in total. The molecular formula is C11H8BrNO4. The topological polar surface area (TPSA) is 80.4 Å². The number of carbonyl (C=O) groups excluding carboxylic acids is 1. The molecule has 0 saturated carbocycles. The zero-order valence-corrected chi connectivity index (χ0v) is 10.2. The number of nitrogens with zero attached hydrogens (tertiary/aromatic N) is 1. The van der Waals surface area contributed by atoms with Gasteiger partial charge in [0.15, 0.2) is 6.29 Å². The Kier molecular flexibility index (Phi) is 4.67. The van der Waals surface area contributed by atoms with Crippen LogP contribution in [0.15, 0.2) is 12.1 Å². The number of benzene rings is 1. The highest BCUT2D eigenvalue weighted by Crippen LogP contribution is 2.26. The summed E-state index contributed by atoms with van der Waals surface area (Å²) >= 11 is 3.18. The molecule has 0 bridgehead atoms. The van der Waals surface area contributed by atoms with Crippen molar-refractivity contribution in [1.29, 1.82) is 0 Å². The standard InChI is InChI=1S/C11H8BrNO4/c12-4-2-1-3-8-5-10(13(16)17)6-9(7-14)11(8)15/h5-7,15H,2,4H2. The smallest absolute Gasteiger partial charge is 0.271 e. The Labute approximate surface area is 106 Å². The number of carbonyl (C=O) groups is 1. The molecule has 1 aromatic rings. The number of nitro benzene ring substituents is 1. The zero-order valence-electron chi connectivity index (χ0n) is 8.64. The van der Waals surface area contributed by atoms with E-state index in [-0.39, 0.29) is 22.6 Å². The summed E-state index contributed by atoms with van der Waals surface area (Å²) in [6, 6.07) is 2.15. The lowest BCUT2D eigenvalue weighted by Crippen LogP contribution is -1.93. The van der Waals surface area contributed by atoms with Crippen LogP contribution in [0.1, 0.15) is 22.3 Å². The first-order chi connectivity index (χ1) is 8.10. The summed E-state index contributed by atoms with van der Waals surface area (Å²) in [5, 5.41) is 20.9. The third kappa shape index (κ3) is 3.29. The lowest BCUT2D eigenvalue weighted by atomic mass is 10.1. The Bertz CT molecular complexity index is 516. The maximum atomic E-state index is 10.6. The van der Waals surface area contributed by atoms with Gasteiger partial charge in [-0.1, -0.05) is 27.8 Å². The van der Waals surface area contributed by atoms with E-state index in [0.717, 1.165) is 12.1 Å². The molecule has 0 aliphatic heterocycles. The minimum Gasteiger partial charge on any atom is -0.506 e. The van der Waals surface area contributed by atoms with Gasteiger partial charge in [0, 0.05) is 23.9 Å². The van der Waals surface area contributed by atoms with Crippen molar-refractivity contribution in [2.45, 2.75) is 6.42 Å². The molecule has 1 rings (SSSR count). The van der Waals surface area contributed by atoms with Gasteiger partial charge in [-0.15, -0.1) is 0 Å². The van der Waals surface area contributed by atoms with Crippen molar-refractivity contribution in [1.82, 2.24) is 0 Å². The summed E-state index contributed by atoms with van der Waals surface area (Å²) < 4.78 is 0. The van der Waals surface area contributed by atoms with Gasteiger partial charge in [0.2, 0.25) is 0 Å². The van der Waals surface area contributed by atoms with Crippen molar-refractivity contribution in [3.8, 4) is 17.6 Å². The number of nitro groups is 1. The second-order valence-corrected chi connectivity index (χ2v) is 3.84. The van der Waals surface area contributed by atoms with Crippen LogP contribution in [-0.2, 0) is 0 Å². The Morgan fingerprint density at radius 3 is 2.76 bits per heavy atom. The number of hydrogen-bond donors (Lipinski definition) is 1. The summed E-state index contributed by atoms with van der Waals surface area (Å²) in [4.78, 5) is 20.6. The zero-order chi connectivity index (χ0) is 12.8. The molecule has 0 spiro atoms. The molecule has 6 heteroatoms. The van der Waals surface area contributed by atoms with E-state index in [9.17, 15) is 20.0 Å². The fourth-order valence-corrected chi connectivity index (χ4v) is 1.33. The van der Waals surface area contributed by atoms with Crippen molar-refractivity contribution in [3.05, 3.63) is 33.4 Å². The molecule has 0 aliphatic rings. The Morgan fingerprint density at radius 1 is 1.53 bits per heavy atom. The Hall–Kier alpha value is -1.87. The van der Waals surface area contributed by atoms with E-state index < -0.39 is 4.92 Å². The normalized spacial score (nSPS) is 9.24. The molecule has 0 saturated heterocycles. The van der Waals surface area contributed by atoms with Crippen LogP contribution in [0.25, 0.3) is 0 Å². The number of halogens is 1. The van der Waals surface area contributed by atoms with E-state index in [0.29, 0.717) is 18.0 Å². The van der Waals surface area contributed by atoms with Crippen molar-refractivity contribution < 1.29 is 14.8 Å². The number of alkyl halides is 1. The molecule has 0 unspecified atom stereocenters. The summed E-state index contributed by atoms with van der Waals surface area (Å²) in [5.74, 6) is 4.98. The van der Waals surface area contributed by atoms with Crippen LogP contribution in [0.2, 0.25) is 0 Å². The van der Waals surface area contributed by atoms with Gasteiger partial charge < -0.3 is 5.11 Å². The molecule has 17 heavy (non-hydrogen) atoms. The monoisotopic (exact) mass is 297 g/mol. The summed E-state index contributed by atoms with van der Waals surface area (Å²) in [7, 11) is 0. The van der Waals surface area contributed by atoms with Crippen molar-refractivity contribution in [3.63, 3.8) is 0 Å². The van der Waals surface area contributed by atoms with Gasteiger partial charge in [0.1, 0.15) is 5.75 Å². The molecule has 0 aromatic heterocycles. The second-order valence-electron chi connectivity index (χ2n) is 3.05. The van der Waals surface area contributed by atoms with Crippen LogP contribution in [0.3, 0.4) is 0 Å². The fraction of sp³-hybridized carbons (Fsp3) is 0.182. The van der Waals surface area contributed by atoms with E-state index in [1.807, 2.05) is 0 Å². The third-order valence-corrected chi connectivity index (χ3v) is 2.30. The largest absolute Gasteiger partial charge is 0.506 e. The number of non-ortho nitro benzene ring substituents is 1. The lowest BCUT2D eigenvalue weighted by molar-refractivity contribution is -0.384. The van der Waals surface area contributed by atoms with E-state index in [2.05, 4.69) is 27.8 Å². The highest BCUT2D eigenvalue weighted by atomic mass is 79.9. The lowest BCUT2D eigenvalue weighted by Gasteiger charge is -2.00. The van der Waals surface area contributed by atoms with Crippen molar-refractivity contribution >= 4 is 27.9 Å². The average molecular weight is 298 g/mol. The molecule has 0 heterocycles. The number of aldehydes is 1. The fourth-order valence-electron chi connectivity index (χ4n) is 1.14. The van der Waals surface area contributed by atoms with Crippen LogP contribution >= 0.6 is 15.9 Å². The quantitative estimate of drug-likeness (QED) is 0.305. The molecule has 0 amide bonds. The second kappa shape index (κ2) is 6.01. The third-order valence-electron chi connectivity index (χ3n) is 1.90. The van der Waals surface area contributed by atoms with Crippen LogP contribution in [0.4, 0.5) is 5.69 Å². The van der Waals surface area contributed by atoms with Gasteiger partial charge in [0.05, 0.1) is 16.1 Å². The van der Waals surface area contributed by atoms with Crippen molar-refractivity contribution in [2.75, 3.05) is 5.33 Å². The minimum atomic E-state index is -0.637. The van der Waals surface area contributed by atoms with E-state index in [1.165, 1.54) is 0 Å². The highest BCUT2D eigenvalue weighted by molar-refractivity contribution is 9.09. The minimum absolute atomic E-state index is 0.0854. The molecule has 1 aromatic carbocycles. The van der Waals surface area contributed by atoms with Crippen LogP contribution in [-0.4, -0.2) is 21.6 Å². The van der Waals surface area contributed by atoms with Gasteiger partial charge in [0.25, 0.3) is 5.69 Å².